The Morgan fingerprint density at radius 1 is 1.17 bits per heavy atom. The van der Waals surface area contributed by atoms with E-state index in [1.807, 2.05) is 36.1 Å². The van der Waals surface area contributed by atoms with Gasteiger partial charge in [-0.05, 0) is 57.6 Å². The smallest absolute Gasteiger partial charge is 0.249 e. The monoisotopic (exact) mass is 410 g/mol. The van der Waals surface area contributed by atoms with Crippen LogP contribution in [0.25, 0.3) is 10.6 Å². The number of nitrogens with zero attached hydrogens (tertiary/aromatic N) is 3. The molecular formula is C22H26N4O2S. The molecule has 1 aromatic heterocycles. The van der Waals surface area contributed by atoms with E-state index in [-0.39, 0.29) is 17.7 Å². The summed E-state index contributed by atoms with van der Waals surface area (Å²) in [6.07, 6.45) is 7.70. The average molecular weight is 411 g/mol. The first-order chi connectivity index (χ1) is 14.1. The minimum Gasteiger partial charge on any atom is -0.339 e. The van der Waals surface area contributed by atoms with Crippen LogP contribution < -0.4 is 5.32 Å². The van der Waals surface area contributed by atoms with Crippen molar-refractivity contribution in [2.24, 2.45) is 5.92 Å². The number of hydrogen-bond donors (Lipinski definition) is 1. The minimum atomic E-state index is -0.0631. The molecule has 1 aliphatic carbocycles. The zero-order chi connectivity index (χ0) is 20.2. The number of carbonyl (C=O) groups is 2. The molecule has 7 heteroatoms. The number of nitrogens with one attached hydrogen (secondary N) is 1. The fourth-order valence-electron chi connectivity index (χ4n) is 3.97. The summed E-state index contributed by atoms with van der Waals surface area (Å²) in [4.78, 5) is 27.3. The number of likely N-dealkylation sites (tertiary alicyclic amines) is 1. The van der Waals surface area contributed by atoms with Gasteiger partial charge in [0.1, 0.15) is 10.0 Å². The number of amides is 2. The summed E-state index contributed by atoms with van der Waals surface area (Å²) in [6, 6.07) is 7.72. The van der Waals surface area contributed by atoms with Crippen molar-refractivity contribution >= 4 is 28.8 Å². The van der Waals surface area contributed by atoms with Gasteiger partial charge >= 0.3 is 0 Å². The molecular weight excluding hydrogens is 384 g/mol. The summed E-state index contributed by atoms with van der Waals surface area (Å²) < 4.78 is 0. The number of allylic oxidation sites excluding steroid dienone is 1. The third-order valence-corrected chi connectivity index (χ3v) is 6.51. The van der Waals surface area contributed by atoms with E-state index < -0.39 is 0 Å². The Bertz CT molecular complexity index is 928. The van der Waals surface area contributed by atoms with Crippen molar-refractivity contribution < 1.29 is 9.59 Å². The van der Waals surface area contributed by atoms with Gasteiger partial charge in [-0.1, -0.05) is 29.5 Å². The van der Waals surface area contributed by atoms with Crippen molar-refractivity contribution in [3.05, 3.63) is 40.9 Å². The van der Waals surface area contributed by atoms with Gasteiger partial charge in [-0.25, -0.2) is 0 Å². The molecule has 1 saturated heterocycles. The van der Waals surface area contributed by atoms with Crippen LogP contribution in [0.5, 0.6) is 0 Å². The van der Waals surface area contributed by atoms with E-state index in [4.69, 9.17) is 0 Å². The van der Waals surface area contributed by atoms with Crippen LogP contribution in [0, 0.1) is 12.8 Å². The minimum absolute atomic E-state index is 0.0274. The van der Waals surface area contributed by atoms with E-state index in [9.17, 15) is 9.59 Å². The van der Waals surface area contributed by atoms with Gasteiger partial charge in [-0.3, -0.25) is 9.59 Å². The Labute approximate surface area is 175 Å². The van der Waals surface area contributed by atoms with Crippen molar-refractivity contribution in [2.75, 3.05) is 18.4 Å². The van der Waals surface area contributed by atoms with E-state index >= 15 is 0 Å². The third kappa shape index (κ3) is 4.72. The number of piperidine rings is 1. The third-order valence-electron chi connectivity index (χ3n) is 5.62. The van der Waals surface area contributed by atoms with Gasteiger partial charge in [0.2, 0.25) is 11.8 Å². The first kappa shape index (κ1) is 19.8. The molecule has 0 spiro atoms. The molecule has 2 aliphatic rings. The van der Waals surface area contributed by atoms with Crippen LogP contribution >= 0.6 is 11.3 Å². The van der Waals surface area contributed by atoms with Crippen LogP contribution in [0.3, 0.4) is 0 Å². The fraction of sp³-hybridized carbons (Fsp3) is 0.455. The molecule has 0 radical (unpaired) electrons. The maximum absolute atomic E-state index is 12.7. The highest BCUT2D eigenvalue weighted by Gasteiger charge is 2.28. The molecule has 0 saturated carbocycles. The van der Waals surface area contributed by atoms with Gasteiger partial charge in [-0.15, -0.1) is 10.2 Å². The SMILES string of the molecule is Cc1nnc(-c2cccc(NC(=O)C3CCN(C(=O)C4=CCCCC4)CC3)c2)s1. The van der Waals surface area contributed by atoms with Crippen molar-refractivity contribution in [2.45, 2.75) is 45.4 Å². The molecule has 4 rings (SSSR count). The standard InChI is InChI=1S/C22H26N4O2S/c1-15-24-25-21(29-15)18-8-5-9-19(14-18)23-20(27)16-10-12-26(13-11-16)22(28)17-6-3-2-4-7-17/h5-6,8-9,14,16H,2-4,7,10-13H2,1H3,(H,23,27). The quantitative estimate of drug-likeness (QED) is 0.820. The summed E-state index contributed by atoms with van der Waals surface area (Å²) in [5.74, 6) is 0.134. The van der Waals surface area contributed by atoms with Crippen molar-refractivity contribution in [1.29, 1.82) is 0 Å². The fourth-order valence-corrected chi connectivity index (χ4v) is 4.66. The number of aryl methyl sites for hydroxylation is 1. The number of benzene rings is 1. The largest absolute Gasteiger partial charge is 0.339 e. The highest BCUT2D eigenvalue weighted by atomic mass is 32.1. The summed E-state index contributed by atoms with van der Waals surface area (Å²) in [5.41, 5.74) is 2.68. The maximum atomic E-state index is 12.7. The van der Waals surface area contributed by atoms with Crippen LogP contribution in [0.2, 0.25) is 0 Å². The lowest BCUT2D eigenvalue weighted by Crippen LogP contribution is -2.42. The maximum Gasteiger partial charge on any atom is 0.249 e. The van der Waals surface area contributed by atoms with Gasteiger partial charge in [0.25, 0.3) is 0 Å². The Morgan fingerprint density at radius 2 is 2.00 bits per heavy atom. The van der Waals surface area contributed by atoms with E-state index in [2.05, 4.69) is 21.6 Å². The molecule has 1 N–H and O–H groups in total. The van der Waals surface area contributed by atoms with Crippen LogP contribution in [0.1, 0.15) is 43.5 Å². The lowest BCUT2D eigenvalue weighted by molar-refractivity contribution is -0.131. The number of hydrogen-bond acceptors (Lipinski definition) is 5. The molecule has 1 fully saturated rings. The number of anilines is 1. The van der Waals surface area contributed by atoms with Gasteiger partial charge in [-0.2, -0.15) is 0 Å². The predicted octanol–water partition coefficient (Wildman–Crippen LogP) is 4.19. The van der Waals surface area contributed by atoms with E-state index in [0.29, 0.717) is 25.9 Å². The molecule has 1 aliphatic heterocycles. The van der Waals surface area contributed by atoms with Crippen LogP contribution in [-0.4, -0.2) is 40.0 Å². The highest BCUT2D eigenvalue weighted by molar-refractivity contribution is 7.14. The number of rotatable bonds is 4. The topological polar surface area (TPSA) is 75.2 Å². The molecule has 0 unspecified atom stereocenters. The summed E-state index contributed by atoms with van der Waals surface area (Å²) in [5, 5.41) is 13.0. The second-order valence-electron chi connectivity index (χ2n) is 7.74. The molecule has 2 heterocycles. The molecule has 6 nitrogen and oxygen atoms in total. The predicted molar refractivity (Wildman–Crippen MR) is 115 cm³/mol. The van der Waals surface area contributed by atoms with Crippen molar-refractivity contribution in [1.82, 2.24) is 15.1 Å². The zero-order valence-corrected chi connectivity index (χ0v) is 17.5. The lowest BCUT2D eigenvalue weighted by atomic mass is 9.93. The van der Waals surface area contributed by atoms with Crippen LogP contribution in [0.4, 0.5) is 5.69 Å². The number of carbonyl (C=O) groups excluding carboxylic acids is 2. The van der Waals surface area contributed by atoms with E-state index in [0.717, 1.165) is 46.1 Å². The van der Waals surface area contributed by atoms with Crippen molar-refractivity contribution in [3.63, 3.8) is 0 Å². The van der Waals surface area contributed by atoms with Gasteiger partial charge in [0.05, 0.1) is 0 Å². The van der Waals surface area contributed by atoms with Gasteiger partial charge in [0, 0.05) is 35.8 Å². The zero-order valence-electron chi connectivity index (χ0n) is 16.7. The molecule has 2 amide bonds. The molecule has 0 bridgehead atoms. The first-order valence-corrected chi connectivity index (χ1v) is 11.1. The summed E-state index contributed by atoms with van der Waals surface area (Å²) >= 11 is 1.53. The van der Waals surface area contributed by atoms with E-state index in [1.165, 1.54) is 17.8 Å². The summed E-state index contributed by atoms with van der Waals surface area (Å²) in [6.45, 7) is 3.23. The van der Waals surface area contributed by atoms with Gasteiger partial charge in [0.15, 0.2) is 0 Å². The number of aromatic nitrogens is 2. The molecule has 29 heavy (non-hydrogen) atoms. The summed E-state index contributed by atoms with van der Waals surface area (Å²) in [7, 11) is 0. The Hall–Kier alpha value is -2.54. The van der Waals surface area contributed by atoms with Crippen molar-refractivity contribution in [3.8, 4) is 10.6 Å². The molecule has 152 valence electrons. The molecule has 2 aromatic rings. The van der Waals surface area contributed by atoms with Crippen LogP contribution in [-0.2, 0) is 9.59 Å². The average Bonchev–Trinajstić information content (AvgIpc) is 3.20. The highest BCUT2D eigenvalue weighted by Crippen LogP contribution is 2.27. The van der Waals surface area contributed by atoms with Crippen LogP contribution in [0.15, 0.2) is 35.9 Å². The Kier molecular flexibility index (Phi) is 6.04. The second kappa shape index (κ2) is 8.86. The second-order valence-corrected chi connectivity index (χ2v) is 8.92. The Balaban J connectivity index is 1.33. The molecule has 0 atom stereocenters. The Morgan fingerprint density at radius 3 is 2.69 bits per heavy atom. The molecule has 1 aromatic carbocycles. The first-order valence-electron chi connectivity index (χ1n) is 10.3. The van der Waals surface area contributed by atoms with Gasteiger partial charge < -0.3 is 10.2 Å². The van der Waals surface area contributed by atoms with E-state index in [1.54, 1.807) is 0 Å². The lowest BCUT2D eigenvalue weighted by Gasteiger charge is -2.32. The normalized spacial score (nSPS) is 17.7.